The minimum absolute atomic E-state index is 0.175. The van der Waals surface area contributed by atoms with E-state index in [1.165, 1.54) is 5.56 Å². The molecule has 0 bridgehead atoms. The van der Waals surface area contributed by atoms with Gasteiger partial charge in [0.05, 0.1) is 13.1 Å². The van der Waals surface area contributed by atoms with Crippen LogP contribution in [0.4, 0.5) is 4.79 Å². The molecule has 1 aromatic heterocycles. The summed E-state index contributed by atoms with van der Waals surface area (Å²) >= 11 is 1.62. The van der Waals surface area contributed by atoms with Gasteiger partial charge in [0.25, 0.3) is 0 Å². The van der Waals surface area contributed by atoms with E-state index in [0.29, 0.717) is 19.7 Å². The summed E-state index contributed by atoms with van der Waals surface area (Å²) in [6, 6.07) is 11.6. The molecule has 0 saturated heterocycles. The van der Waals surface area contributed by atoms with Crippen LogP contribution in [0.15, 0.2) is 41.8 Å². The van der Waals surface area contributed by atoms with Gasteiger partial charge < -0.3 is 15.4 Å². The van der Waals surface area contributed by atoms with E-state index in [1.807, 2.05) is 48.7 Å². The Balaban J connectivity index is 1.58. The van der Waals surface area contributed by atoms with Crippen LogP contribution >= 0.6 is 11.3 Å². The zero-order valence-corrected chi connectivity index (χ0v) is 12.2. The fourth-order valence-corrected chi connectivity index (χ4v) is 2.26. The normalized spacial score (nSPS) is 10.1. The van der Waals surface area contributed by atoms with Crippen molar-refractivity contribution in [2.75, 3.05) is 13.2 Å². The summed E-state index contributed by atoms with van der Waals surface area (Å²) in [4.78, 5) is 12.7. The summed E-state index contributed by atoms with van der Waals surface area (Å²) in [6.45, 7) is 3.52. The van der Waals surface area contributed by atoms with Gasteiger partial charge in [-0.1, -0.05) is 23.8 Å². The predicted molar refractivity (Wildman–Crippen MR) is 81.2 cm³/mol. The van der Waals surface area contributed by atoms with Gasteiger partial charge in [-0.25, -0.2) is 4.79 Å². The molecular weight excluding hydrogens is 272 g/mol. The summed E-state index contributed by atoms with van der Waals surface area (Å²) < 4.78 is 5.52. The highest BCUT2D eigenvalue weighted by molar-refractivity contribution is 7.09. The number of nitrogens with one attached hydrogen (secondary N) is 2. The summed E-state index contributed by atoms with van der Waals surface area (Å²) in [5, 5.41) is 7.54. The van der Waals surface area contributed by atoms with Gasteiger partial charge in [-0.15, -0.1) is 11.3 Å². The third kappa shape index (κ3) is 4.93. The van der Waals surface area contributed by atoms with Crippen LogP contribution in [0.2, 0.25) is 0 Å². The van der Waals surface area contributed by atoms with Gasteiger partial charge in [0.2, 0.25) is 0 Å². The Morgan fingerprint density at radius 3 is 2.70 bits per heavy atom. The van der Waals surface area contributed by atoms with Gasteiger partial charge in [-0.05, 0) is 30.5 Å². The zero-order chi connectivity index (χ0) is 14.2. The number of carbonyl (C=O) groups excluding carboxylic acids is 1. The first-order valence-electron chi connectivity index (χ1n) is 6.47. The van der Waals surface area contributed by atoms with Crippen LogP contribution in [-0.2, 0) is 6.54 Å². The molecular formula is C15H18N2O2S. The fraction of sp³-hybridized carbons (Fsp3) is 0.267. The summed E-state index contributed by atoms with van der Waals surface area (Å²) in [5.41, 5.74) is 1.20. The predicted octanol–water partition coefficient (Wildman–Crippen LogP) is 2.93. The molecule has 5 heteroatoms. The molecule has 2 N–H and O–H groups in total. The molecule has 0 fully saturated rings. The number of amides is 2. The maximum Gasteiger partial charge on any atom is 0.315 e. The van der Waals surface area contributed by atoms with E-state index in [1.54, 1.807) is 11.3 Å². The van der Waals surface area contributed by atoms with Crippen LogP contribution in [-0.4, -0.2) is 19.2 Å². The van der Waals surface area contributed by atoms with Crippen LogP contribution in [0.5, 0.6) is 5.75 Å². The number of hydrogen-bond donors (Lipinski definition) is 2. The number of hydrogen-bond acceptors (Lipinski definition) is 3. The molecule has 2 aromatic rings. The number of rotatable bonds is 6. The minimum atomic E-state index is -0.175. The monoisotopic (exact) mass is 290 g/mol. The van der Waals surface area contributed by atoms with E-state index in [-0.39, 0.29) is 6.03 Å². The molecule has 0 aliphatic heterocycles. The summed E-state index contributed by atoms with van der Waals surface area (Å²) in [7, 11) is 0. The van der Waals surface area contributed by atoms with Crippen LogP contribution < -0.4 is 15.4 Å². The standard InChI is InChI=1S/C15H18N2O2S/c1-12-4-6-13(7-5-12)19-9-8-16-15(18)17-11-14-3-2-10-20-14/h2-7,10H,8-9,11H2,1H3,(H2,16,17,18). The van der Waals surface area contributed by atoms with Crippen LogP contribution in [0, 0.1) is 6.92 Å². The van der Waals surface area contributed by atoms with Gasteiger partial charge in [0.15, 0.2) is 0 Å². The van der Waals surface area contributed by atoms with Crippen molar-refractivity contribution >= 4 is 17.4 Å². The average molecular weight is 290 g/mol. The molecule has 1 aromatic carbocycles. The van der Waals surface area contributed by atoms with Gasteiger partial charge in [0.1, 0.15) is 12.4 Å². The lowest BCUT2D eigenvalue weighted by molar-refractivity contribution is 0.236. The van der Waals surface area contributed by atoms with Crippen molar-refractivity contribution in [3.63, 3.8) is 0 Å². The lowest BCUT2D eigenvalue weighted by Crippen LogP contribution is -2.37. The third-order valence-electron chi connectivity index (χ3n) is 2.68. The highest BCUT2D eigenvalue weighted by Crippen LogP contribution is 2.10. The van der Waals surface area contributed by atoms with E-state index in [2.05, 4.69) is 10.6 Å². The second kappa shape index (κ2) is 7.55. The van der Waals surface area contributed by atoms with E-state index >= 15 is 0 Å². The Kier molecular flexibility index (Phi) is 5.43. The molecule has 2 amide bonds. The Labute approximate surface area is 122 Å². The highest BCUT2D eigenvalue weighted by Gasteiger charge is 2.00. The van der Waals surface area contributed by atoms with E-state index in [4.69, 9.17) is 4.74 Å². The SMILES string of the molecule is Cc1ccc(OCCNC(=O)NCc2cccs2)cc1. The Morgan fingerprint density at radius 2 is 2.00 bits per heavy atom. The smallest absolute Gasteiger partial charge is 0.315 e. The molecule has 0 atom stereocenters. The highest BCUT2D eigenvalue weighted by atomic mass is 32.1. The molecule has 0 unspecified atom stereocenters. The van der Waals surface area contributed by atoms with Crippen molar-refractivity contribution in [2.45, 2.75) is 13.5 Å². The summed E-state index contributed by atoms with van der Waals surface area (Å²) in [6.07, 6.45) is 0. The summed E-state index contributed by atoms with van der Waals surface area (Å²) in [5.74, 6) is 0.816. The number of benzene rings is 1. The van der Waals surface area contributed by atoms with Crippen LogP contribution in [0.1, 0.15) is 10.4 Å². The molecule has 0 aliphatic carbocycles. The van der Waals surface area contributed by atoms with Crippen LogP contribution in [0.3, 0.4) is 0 Å². The first kappa shape index (κ1) is 14.4. The van der Waals surface area contributed by atoms with E-state index in [9.17, 15) is 4.79 Å². The quantitative estimate of drug-likeness (QED) is 0.804. The van der Waals surface area contributed by atoms with E-state index < -0.39 is 0 Å². The Bertz CT molecular complexity index is 523. The molecule has 0 spiro atoms. The third-order valence-corrected chi connectivity index (χ3v) is 3.56. The molecule has 106 valence electrons. The van der Waals surface area contributed by atoms with Crippen molar-refractivity contribution in [1.29, 1.82) is 0 Å². The van der Waals surface area contributed by atoms with E-state index in [0.717, 1.165) is 10.6 Å². The number of urea groups is 1. The van der Waals surface area contributed by atoms with Crippen LogP contribution in [0.25, 0.3) is 0 Å². The number of thiophene rings is 1. The van der Waals surface area contributed by atoms with Gasteiger partial charge >= 0.3 is 6.03 Å². The molecule has 20 heavy (non-hydrogen) atoms. The molecule has 1 heterocycles. The zero-order valence-electron chi connectivity index (χ0n) is 11.4. The van der Waals surface area contributed by atoms with Gasteiger partial charge in [-0.2, -0.15) is 0 Å². The molecule has 0 saturated carbocycles. The number of ether oxygens (including phenoxy) is 1. The van der Waals surface area contributed by atoms with Gasteiger partial charge in [0, 0.05) is 4.88 Å². The van der Waals surface area contributed by atoms with Gasteiger partial charge in [-0.3, -0.25) is 0 Å². The number of aryl methyl sites for hydroxylation is 1. The molecule has 2 rings (SSSR count). The Hall–Kier alpha value is -2.01. The minimum Gasteiger partial charge on any atom is -0.492 e. The topological polar surface area (TPSA) is 50.4 Å². The maximum atomic E-state index is 11.5. The van der Waals surface area contributed by atoms with Crippen molar-refractivity contribution in [2.24, 2.45) is 0 Å². The van der Waals surface area contributed by atoms with Crippen molar-refractivity contribution in [3.8, 4) is 5.75 Å². The Morgan fingerprint density at radius 1 is 1.20 bits per heavy atom. The van der Waals surface area contributed by atoms with Crippen molar-refractivity contribution in [1.82, 2.24) is 10.6 Å². The first-order valence-corrected chi connectivity index (χ1v) is 7.35. The lowest BCUT2D eigenvalue weighted by atomic mass is 10.2. The average Bonchev–Trinajstić information content (AvgIpc) is 2.96. The second-order valence-electron chi connectivity index (χ2n) is 4.35. The molecule has 0 aliphatic rings. The first-order chi connectivity index (χ1) is 9.74. The molecule has 4 nitrogen and oxygen atoms in total. The fourth-order valence-electron chi connectivity index (χ4n) is 1.61. The molecule has 0 radical (unpaired) electrons. The van der Waals surface area contributed by atoms with Crippen molar-refractivity contribution < 1.29 is 9.53 Å². The van der Waals surface area contributed by atoms with Crippen molar-refractivity contribution in [3.05, 3.63) is 52.2 Å². The largest absolute Gasteiger partial charge is 0.492 e. The second-order valence-corrected chi connectivity index (χ2v) is 5.38. The maximum absolute atomic E-state index is 11.5. The lowest BCUT2D eigenvalue weighted by Gasteiger charge is -2.08. The number of carbonyl (C=O) groups is 1.